The highest BCUT2D eigenvalue weighted by Gasteiger charge is 2.33. The zero-order valence-corrected chi connectivity index (χ0v) is 15.3. The van der Waals surface area contributed by atoms with Gasteiger partial charge in [0, 0.05) is 24.0 Å². The third-order valence-electron chi connectivity index (χ3n) is 4.41. The van der Waals surface area contributed by atoms with Crippen molar-refractivity contribution in [2.24, 2.45) is 5.92 Å². The summed E-state index contributed by atoms with van der Waals surface area (Å²) in [7, 11) is 0. The van der Waals surface area contributed by atoms with Crippen LogP contribution in [0.5, 0.6) is 0 Å². The Morgan fingerprint density at radius 1 is 1.30 bits per heavy atom. The number of aromatic nitrogens is 1. The highest BCUT2D eigenvalue weighted by molar-refractivity contribution is 5.68. The summed E-state index contributed by atoms with van der Waals surface area (Å²) >= 11 is 0. The van der Waals surface area contributed by atoms with Crippen LogP contribution in [0.2, 0.25) is 0 Å². The van der Waals surface area contributed by atoms with Crippen LogP contribution in [0.4, 0.5) is 4.79 Å². The molecule has 2 rings (SSSR count). The largest absolute Gasteiger partial charge is 0.444 e. The summed E-state index contributed by atoms with van der Waals surface area (Å²) in [4.78, 5) is 18.8. The summed E-state index contributed by atoms with van der Waals surface area (Å²) in [5.74, 6) is 0.470. The Morgan fingerprint density at radius 3 is 2.48 bits per heavy atom. The van der Waals surface area contributed by atoms with E-state index in [-0.39, 0.29) is 12.1 Å². The van der Waals surface area contributed by atoms with Gasteiger partial charge in [0.15, 0.2) is 0 Å². The highest BCUT2D eigenvalue weighted by Crippen LogP contribution is 2.28. The molecule has 0 aliphatic carbocycles. The number of ether oxygens (including phenoxy) is 1. The first kappa shape index (κ1) is 17.8. The van der Waals surface area contributed by atoms with E-state index in [1.54, 1.807) is 0 Å². The monoisotopic (exact) mass is 318 g/mol. The first-order valence-corrected chi connectivity index (χ1v) is 8.59. The number of likely N-dealkylation sites (tertiary alicyclic amines) is 1. The molecule has 0 N–H and O–H groups in total. The van der Waals surface area contributed by atoms with Crippen LogP contribution in [0, 0.1) is 19.8 Å². The van der Waals surface area contributed by atoms with Crippen LogP contribution in [-0.2, 0) is 11.2 Å². The van der Waals surface area contributed by atoms with Crippen molar-refractivity contribution in [2.45, 2.75) is 72.4 Å². The topological polar surface area (TPSA) is 42.4 Å². The lowest BCUT2D eigenvalue weighted by molar-refractivity contribution is 0.00308. The molecule has 1 unspecified atom stereocenters. The van der Waals surface area contributed by atoms with Gasteiger partial charge >= 0.3 is 6.09 Å². The maximum atomic E-state index is 12.4. The molecule has 23 heavy (non-hydrogen) atoms. The van der Waals surface area contributed by atoms with Gasteiger partial charge in [-0.2, -0.15) is 0 Å². The molecule has 2 atom stereocenters. The van der Waals surface area contributed by atoms with Crippen LogP contribution < -0.4 is 0 Å². The number of aryl methyl sites for hydroxylation is 2. The van der Waals surface area contributed by atoms with Crippen molar-refractivity contribution in [3.8, 4) is 0 Å². The molecule has 4 heteroatoms. The van der Waals surface area contributed by atoms with E-state index in [1.807, 2.05) is 39.5 Å². The lowest BCUT2D eigenvalue weighted by atomic mass is 9.85. The van der Waals surface area contributed by atoms with Crippen LogP contribution in [-0.4, -0.2) is 34.2 Å². The third kappa shape index (κ3) is 4.95. The van der Waals surface area contributed by atoms with Crippen molar-refractivity contribution >= 4 is 6.09 Å². The van der Waals surface area contributed by atoms with Crippen molar-refractivity contribution in [1.29, 1.82) is 0 Å². The Bertz CT molecular complexity index is 543. The standard InChI is InChI=1S/C19H30N2O2/c1-13-10-16(11-14(2)20-13)12-17-8-7-9-21(15(17)3)18(22)23-19(4,5)6/h10-11,15,17H,7-9,12H2,1-6H3/t15-,17?/m1/s1. The van der Waals surface area contributed by atoms with Gasteiger partial charge in [0.05, 0.1) is 0 Å². The zero-order chi connectivity index (χ0) is 17.2. The van der Waals surface area contributed by atoms with Gasteiger partial charge in [-0.25, -0.2) is 4.79 Å². The number of piperidine rings is 1. The van der Waals surface area contributed by atoms with E-state index in [0.717, 1.165) is 37.2 Å². The Kier molecular flexibility index (Phi) is 5.33. The molecule has 1 aliphatic heterocycles. The van der Waals surface area contributed by atoms with Crippen LogP contribution in [0.3, 0.4) is 0 Å². The van der Waals surface area contributed by atoms with E-state index in [2.05, 4.69) is 24.0 Å². The minimum atomic E-state index is -0.441. The molecule has 0 radical (unpaired) electrons. The van der Waals surface area contributed by atoms with Gasteiger partial charge < -0.3 is 9.64 Å². The Morgan fingerprint density at radius 2 is 1.91 bits per heavy atom. The van der Waals surface area contributed by atoms with Crippen molar-refractivity contribution in [3.63, 3.8) is 0 Å². The van der Waals surface area contributed by atoms with Gasteiger partial charge in [-0.15, -0.1) is 0 Å². The first-order valence-electron chi connectivity index (χ1n) is 8.59. The van der Waals surface area contributed by atoms with Crippen LogP contribution in [0.15, 0.2) is 12.1 Å². The normalized spacial score (nSPS) is 22.1. The summed E-state index contributed by atoms with van der Waals surface area (Å²) in [6, 6.07) is 4.52. The van der Waals surface area contributed by atoms with E-state index in [9.17, 15) is 4.79 Å². The summed E-state index contributed by atoms with van der Waals surface area (Å²) in [6.07, 6.45) is 3.00. The van der Waals surface area contributed by atoms with Gasteiger partial charge in [-0.1, -0.05) is 0 Å². The molecule has 1 aliphatic rings. The Labute approximate surface area is 140 Å². The SMILES string of the molecule is Cc1cc(CC2CCCN(C(=O)OC(C)(C)C)[C@@H]2C)cc(C)n1. The van der Waals surface area contributed by atoms with E-state index in [1.165, 1.54) is 5.56 Å². The van der Waals surface area contributed by atoms with Gasteiger partial charge in [0.1, 0.15) is 5.60 Å². The van der Waals surface area contributed by atoms with Gasteiger partial charge in [0.2, 0.25) is 0 Å². The number of carbonyl (C=O) groups excluding carboxylic acids is 1. The maximum Gasteiger partial charge on any atom is 0.410 e. The quantitative estimate of drug-likeness (QED) is 0.817. The van der Waals surface area contributed by atoms with Crippen LogP contribution in [0.25, 0.3) is 0 Å². The molecular weight excluding hydrogens is 288 g/mol. The van der Waals surface area contributed by atoms with Gasteiger partial charge in [0.25, 0.3) is 0 Å². The number of carbonyl (C=O) groups is 1. The highest BCUT2D eigenvalue weighted by atomic mass is 16.6. The number of nitrogens with zero attached hydrogens (tertiary/aromatic N) is 2. The molecule has 0 saturated carbocycles. The van der Waals surface area contributed by atoms with Crippen LogP contribution >= 0.6 is 0 Å². The molecule has 0 aromatic carbocycles. The Hall–Kier alpha value is -1.58. The number of amides is 1. The average molecular weight is 318 g/mol. The van der Waals surface area contributed by atoms with Gasteiger partial charge in [-0.05, 0) is 84.4 Å². The first-order chi connectivity index (χ1) is 10.7. The molecule has 1 fully saturated rings. The van der Waals surface area contributed by atoms with Crippen LogP contribution in [0.1, 0.15) is 57.5 Å². The molecule has 128 valence electrons. The number of pyridine rings is 1. The van der Waals surface area contributed by atoms with Crippen molar-refractivity contribution in [2.75, 3.05) is 6.54 Å². The summed E-state index contributed by atoms with van der Waals surface area (Å²) < 4.78 is 5.56. The predicted octanol–water partition coefficient (Wildman–Crippen LogP) is 4.28. The zero-order valence-electron chi connectivity index (χ0n) is 15.3. The molecule has 1 amide bonds. The minimum absolute atomic E-state index is 0.184. The molecular formula is C19H30N2O2. The molecule has 2 heterocycles. The second-order valence-electron chi connectivity index (χ2n) is 7.78. The fraction of sp³-hybridized carbons (Fsp3) is 0.684. The van der Waals surface area contributed by atoms with E-state index < -0.39 is 5.60 Å². The molecule has 0 bridgehead atoms. The molecule has 4 nitrogen and oxygen atoms in total. The fourth-order valence-corrected chi connectivity index (χ4v) is 3.42. The number of rotatable bonds is 2. The van der Waals surface area contributed by atoms with E-state index >= 15 is 0 Å². The average Bonchev–Trinajstić information content (AvgIpc) is 2.38. The maximum absolute atomic E-state index is 12.4. The lowest BCUT2D eigenvalue weighted by Gasteiger charge is -2.40. The second-order valence-corrected chi connectivity index (χ2v) is 7.78. The summed E-state index contributed by atoms with van der Waals surface area (Å²) in [6.45, 7) is 12.8. The van der Waals surface area contributed by atoms with Crippen molar-refractivity contribution in [1.82, 2.24) is 9.88 Å². The van der Waals surface area contributed by atoms with Gasteiger partial charge in [-0.3, -0.25) is 4.98 Å². The molecule has 1 aromatic rings. The summed E-state index contributed by atoms with van der Waals surface area (Å²) in [5, 5.41) is 0. The molecule has 0 spiro atoms. The van der Waals surface area contributed by atoms with Crippen molar-refractivity contribution in [3.05, 3.63) is 29.1 Å². The molecule has 1 saturated heterocycles. The lowest BCUT2D eigenvalue weighted by Crippen LogP contribution is -2.49. The fourth-order valence-electron chi connectivity index (χ4n) is 3.42. The predicted molar refractivity (Wildman–Crippen MR) is 92.5 cm³/mol. The van der Waals surface area contributed by atoms with E-state index in [0.29, 0.717) is 5.92 Å². The van der Waals surface area contributed by atoms with E-state index in [4.69, 9.17) is 4.74 Å². The second kappa shape index (κ2) is 6.90. The van der Waals surface area contributed by atoms with Crippen molar-refractivity contribution < 1.29 is 9.53 Å². The Balaban J connectivity index is 2.07. The molecule has 1 aromatic heterocycles. The smallest absolute Gasteiger partial charge is 0.410 e. The third-order valence-corrected chi connectivity index (χ3v) is 4.41. The minimum Gasteiger partial charge on any atom is -0.444 e. The summed E-state index contributed by atoms with van der Waals surface area (Å²) in [5.41, 5.74) is 3.00. The number of hydrogen-bond donors (Lipinski definition) is 0. The number of hydrogen-bond acceptors (Lipinski definition) is 3.